The van der Waals surface area contributed by atoms with Gasteiger partial charge < -0.3 is 5.32 Å². The molecule has 3 heteroatoms. The maximum Gasteiger partial charge on any atom is 0.176 e. The molecule has 0 bridgehead atoms. The van der Waals surface area contributed by atoms with Crippen LogP contribution < -0.4 is 5.32 Å². The predicted molar refractivity (Wildman–Crippen MR) is 63.5 cm³/mol. The van der Waals surface area contributed by atoms with Crippen LogP contribution in [0.25, 0.3) is 0 Å². The minimum absolute atomic E-state index is 0.00176. The molecule has 88 valence electrons. The number of nitrogens with one attached hydrogen (secondary N) is 1. The van der Waals surface area contributed by atoms with Crippen molar-refractivity contribution in [2.24, 2.45) is 0 Å². The SMILES string of the molecule is CNCC(=O)c1cc(C(C)C)c(F)cc1C. The van der Waals surface area contributed by atoms with Crippen LogP contribution in [0, 0.1) is 12.7 Å². The quantitative estimate of drug-likeness (QED) is 0.795. The summed E-state index contributed by atoms with van der Waals surface area (Å²) in [7, 11) is 1.72. The maximum absolute atomic E-state index is 13.6. The molecule has 0 aromatic heterocycles. The fraction of sp³-hybridized carbons (Fsp3) is 0.462. The van der Waals surface area contributed by atoms with Gasteiger partial charge in [-0.1, -0.05) is 13.8 Å². The zero-order valence-electron chi connectivity index (χ0n) is 10.2. The molecule has 0 aliphatic rings. The number of halogens is 1. The first kappa shape index (κ1) is 12.8. The van der Waals surface area contributed by atoms with E-state index in [1.165, 1.54) is 6.07 Å². The normalized spacial score (nSPS) is 10.9. The smallest absolute Gasteiger partial charge is 0.176 e. The van der Waals surface area contributed by atoms with Crippen molar-refractivity contribution in [2.75, 3.05) is 13.6 Å². The highest BCUT2D eigenvalue weighted by atomic mass is 19.1. The van der Waals surface area contributed by atoms with Gasteiger partial charge in [0, 0.05) is 5.56 Å². The van der Waals surface area contributed by atoms with Crippen molar-refractivity contribution in [3.05, 3.63) is 34.6 Å². The van der Waals surface area contributed by atoms with Crippen molar-refractivity contribution >= 4 is 5.78 Å². The number of benzene rings is 1. The number of likely N-dealkylation sites (N-methyl/N-ethyl adjacent to an activating group) is 1. The molecule has 0 fully saturated rings. The Morgan fingerprint density at radius 3 is 2.56 bits per heavy atom. The highest BCUT2D eigenvalue weighted by Gasteiger charge is 2.14. The molecule has 0 radical (unpaired) electrons. The van der Waals surface area contributed by atoms with E-state index >= 15 is 0 Å². The summed E-state index contributed by atoms with van der Waals surface area (Å²) in [6, 6.07) is 3.12. The van der Waals surface area contributed by atoms with E-state index in [-0.39, 0.29) is 24.1 Å². The van der Waals surface area contributed by atoms with Crippen LogP contribution >= 0.6 is 0 Å². The van der Waals surface area contributed by atoms with Gasteiger partial charge >= 0.3 is 0 Å². The van der Waals surface area contributed by atoms with E-state index < -0.39 is 0 Å². The van der Waals surface area contributed by atoms with Crippen LogP contribution in [0.1, 0.15) is 41.3 Å². The number of rotatable bonds is 4. The topological polar surface area (TPSA) is 29.1 Å². The molecule has 1 N–H and O–H groups in total. The lowest BCUT2D eigenvalue weighted by Crippen LogP contribution is -2.19. The fourth-order valence-corrected chi connectivity index (χ4v) is 1.69. The summed E-state index contributed by atoms with van der Waals surface area (Å²) in [4.78, 5) is 11.8. The number of hydrogen-bond donors (Lipinski definition) is 1. The number of aryl methyl sites for hydroxylation is 1. The molecular weight excluding hydrogens is 205 g/mol. The molecule has 0 saturated heterocycles. The van der Waals surface area contributed by atoms with Crippen LogP contribution in [0.15, 0.2) is 12.1 Å². The van der Waals surface area contributed by atoms with Crippen molar-refractivity contribution in [3.8, 4) is 0 Å². The van der Waals surface area contributed by atoms with Gasteiger partial charge in [-0.25, -0.2) is 4.39 Å². The molecule has 0 heterocycles. The molecule has 0 aliphatic carbocycles. The Morgan fingerprint density at radius 1 is 1.44 bits per heavy atom. The van der Waals surface area contributed by atoms with Gasteiger partial charge in [-0.05, 0) is 43.1 Å². The third-order valence-corrected chi connectivity index (χ3v) is 2.60. The lowest BCUT2D eigenvalue weighted by atomic mass is 9.95. The Hall–Kier alpha value is -1.22. The maximum atomic E-state index is 13.6. The van der Waals surface area contributed by atoms with Crippen molar-refractivity contribution in [2.45, 2.75) is 26.7 Å². The van der Waals surface area contributed by atoms with Crippen LogP contribution in [0.3, 0.4) is 0 Å². The van der Waals surface area contributed by atoms with E-state index in [1.807, 2.05) is 13.8 Å². The first-order valence-corrected chi connectivity index (χ1v) is 5.45. The van der Waals surface area contributed by atoms with Crippen molar-refractivity contribution < 1.29 is 9.18 Å². The summed E-state index contributed by atoms with van der Waals surface area (Å²) in [5, 5.41) is 2.81. The largest absolute Gasteiger partial charge is 0.313 e. The summed E-state index contributed by atoms with van der Waals surface area (Å²) in [5.41, 5.74) is 1.91. The van der Waals surface area contributed by atoms with Crippen molar-refractivity contribution in [1.29, 1.82) is 0 Å². The molecule has 0 spiro atoms. The molecule has 1 aromatic carbocycles. The second-order valence-electron chi connectivity index (χ2n) is 4.30. The van der Waals surface area contributed by atoms with Gasteiger partial charge in [0.05, 0.1) is 6.54 Å². The molecule has 16 heavy (non-hydrogen) atoms. The lowest BCUT2D eigenvalue weighted by molar-refractivity contribution is 0.0993. The molecule has 0 aliphatic heterocycles. The van der Waals surface area contributed by atoms with Crippen molar-refractivity contribution in [1.82, 2.24) is 5.32 Å². The Bertz CT molecular complexity index is 399. The van der Waals surface area contributed by atoms with E-state index in [1.54, 1.807) is 20.0 Å². The summed E-state index contributed by atoms with van der Waals surface area (Å²) in [6.07, 6.45) is 0. The average Bonchev–Trinajstić information content (AvgIpc) is 2.17. The van der Waals surface area contributed by atoms with Crippen molar-refractivity contribution in [3.63, 3.8) is 0 Å². The number of hydrogen-bond acceptors (Lipinski definition) is 2. The van der Waals surface area contributed by atoms with Gasteiger partial charge in [-0.3, -0.25) is 4.79 Å². The molecule has 2 nitrogen and oxygen atoms in total. The second kappa shape index (κ2) is 5.21. The molecule has 0 amide bonds. The predicted octanol–water partition coefficient (Wildman–Crippen LogP) is 2.66. The average molecular weight is 223 g/mol. The number of carbonyl (C=O) groups is 1. The van der Waals surface area contributed by atoms with Crippen LogP contribution in [0.5, 0.6) is 0 Å². The summed E-state index contributed by atoms with van der Waals surface area (Å²) in [5.74, 6) is -0.142. The zero-order valence-corrected chi connectivity index (χ0v) is 10.2. The van der Waals surface area contributed by atoms with E-state index in [4.69, 9.17) is 0 Å². The molecule has 0 atom stereocenters. The van der Waals surface area contributed by atoms with Crippen LogP contribution in [-0.4, -0.2) is 19.4 Å². The van der Waals surface area contributed by atoms with Crippen LogP contribution in [0.4, 0.5) is 4.39 Å². The molecule has 0 saturated carbocycles. The third-order valence-electron chi connectivity index (χ3n) is 2.60. The summed E-state index contributed by atoms with van der Waals surface area (Å²) < 4.78 is 13.6. The van der Waals surface area contributed by atoms with E-state index in [0.29, 0.717) is 16.7 Å². The lowest BCUT2D eigenvalue weighted by Gasteiger charge is -2.12. The number of Topliss-reactive ketones (excluding diaryl/α,β-unsaturated/α-hetero) is 1. The second-order valence-corrected chi connectivity index (χ2v) is 4.30. The van der Waals surface area contributed by atoms with Gasteiger partial charge in [-0.15, -0.1) is 0 Å². The van der Waals surface area contributed by atoms with Crippen LogP contribution in [-0.2, 0) is 0 Å². The van der Waals surface area contributed by atoms with Gasteiger partial charge in [0.15, 0.2) is 5.78 Å². The summed E-state index contributed by atoms with van der Waals surface area (Å²) >= 11 is 0. The first-order valence-electron chi connectivity index (χ1n) is 5.45. The molecule has 1 rings (SSSR count). The number of carbonyl (C=O) groups excluding carboxylic acids is 1. The van der Waals surface area contributed by atoms with Gasteiger partial charge in [-0.2, -0.15) is 0 Å². The number of ketones is 1. The fourth-order valence-electron chi connectivity index (χ4n) is 1.69. The minimum Gasteiger partial charge on any atom is -0.313 e. The Balaban J connectivity index is 3.19. The van der Waals surface area contributed by atoms with Gasteiger partial charge in [0.1, 0.15) is 5.82 Å². The minimum atomic E-state index is -0.228. The van der Waals surface area contributed by atoms with E-state index in [0.717, 1.165) is 0 Å². The Labute approximate surface area is 95.9 Å². The molecule has 1 aromatic rings. The molecular formula is C13H18FNO. The van der Waals surface area contributed by atoms with Gasteiger partial charge in [0.25, 0.3) is 0 Å². The summed E-state index contributed by atoms with van der Waals surface area (Å²) in [6.45, 7) is 5.88. The third kappa shape index (κ3) is 2.67. The molecule has 0 unspecified atom stereocenters. The monoisotopic (exact) mass is 223 g/mol. The Morgan fingerprint density at radius 2 is 2.06 bits per heavy atom. The van der Waals surface area contributed by atoms with Crippen LogP contribution in [0.2, 0.25) is 0 Å². The standard InChI is InChI=1S/C13H18FNO/c1-8(2)10-6-11(13(16)7-15-4)9(3)5-12(10)14/h5-6,8,15H,7H2,1-4H3. The zero-order chi connectivity index (χ0) is 12.3. The van der Waals surface area contributed by atoms with Gasteiger partial charge in [0.2, 0.25) is 0 Å². The first-order chi connectivity index (χ1) is 7.47. The van der Waals surface area contributed by atoms with E-state index in [9.17, 15) is 9.18 Å². The highest BCUT2D eigenvalue weighted by Crippen LogP contribution is 2.22. The highest BCUT2D eigenvalue weighted by molar-refractivity contribution is 5.99. The van der Waals surface area contributed by atoms with E-state index in [2.05, 4.69) is 5.32 Å². The Kier molecular flexibility index (Phi) is 4.19.